The van der Waals surface area contributed by atoms with Crippen LogP contribution in [-0.2, 0) is 42.6 Å². The molecule has 2 amide bonds. The summed E-state index contributed by atoms with van der Waals surface area (Å²) in [5.74, 6) is -0.448. The first kappa shape index (κ1) is 64.7. The van der Waals surface area contributed by atoms with Crippen LogP contribution in [0.2, 0.25) is 0 Å². The van der Waals surface area contributed by atoms with E-state index >= 15 is 0 Å². The van der Waals surface area contributed by atoms with Crippen LogP contribution in [0.1, 0.15) is 185 Å². The summed E-state index contributed by atoms with van der Waals surface area (Å²) < 4.78 is 65.8. The molecule has 0 saturated heterocycles. The van der Waals surface area contributed by atoms with Gasteiger partial charge >= 0.3 is 31.3 Å². The van der Waals surface area contributed by atoms with E-state index in [9.17, 15) is 32.5 Å². The van der Waals surface area contributed by atoms with E-state index in [1.807, 2.05) is 48.5 Å². The summed E-state index contributed by atoms with van der Waals surface area (Å²) in [5.41, 5.74) is -0.0166. The lowest BCUT2D eigenvalue weighted by Crippen LogP contribution is -2.49. The van der Waals surface area contributed by atoms with E-state index < -0.39 is 50.4 Å². The first-order valence-electron chi connectivity index (χ1n) is 27.6. The minimum Gasteiger partial charge on any atom is -0.462 e. The zero-order valence-electron chi connectivity index (χ0n) is 44.6. The minimum atomic E-state index is -5.60. The summed E-state index contributed by atoms with van der Waals surface area (Å²) in [6.45, 7) is 5.86. The van der Waals surface area contributed by atoms with E-state index in [0.29, 0.717) is 12.8 Å². The monoisotopic (exact) mass is 1080 g/mol. The molecule has 0 bridgehead atoms. The number of fused-ring (bicyclic) bond motifs is 3. The number of unbranched alkanes of at least 4 members (excludes halogenated alkanes) is 15. The smallest absolute Gasteiger partial charge is 0.407 e. The number of nitrogens with one attached hydrogen (secondary N) is 2. The average molecular weight is 1080 g/mol. The topological polar surface area (TPSA) is 196 Å². The Morgan fingerprint density at radius 3 is 1.77 bits per heavy atom. The molecule has 18 heteroatoms. The summed E-state index contributed by atoms with van der Waals surface area (Å²) in [5, 5.41) is 5.44. The van der Waals surface area contributed by atoms with Crippen molar-refractivity contribution >= 4 is 43.3 Å². The number of thioether (sulfide) groups is 1. The highest BCUT2D eigenvalue weighted by atomic mass is 32.2. The van der Waals surface area contributed by atoms with E-state index in [1.54, 1.807) is 0 Å². The molecule has 1 aliphatic carbocycles. The Labute approximate surface area is 444 Å². The number of alkyl halides is 2. The van der Waals surface area contributed by atoms with Crippen molar-refractivity contribution in [2.45, 2.75) is 192 Å². The van der Waals surface area contributed by atoms with Crippen LogP contribution < -0.4 is 10.6 Å². The first-order chi connectivity index (χ1) is 35.7. The van der Waals surface area contributed by atoms with Gasteiger partial charge in [-0.1, -0.05) is 185 Å². The van der Waals surface area contributed by atoms with Crippen LogP contribution in [0.5, 0.6) is 0 Å². The molecule has 0 aromatic heterocycles. The van der Waals surface area contributed by atoms with Crippen molar-refractivity contribution in [2.75, 3.05) is 57.7 Å². The van der Waals surface area contributed by atoms with Crippen molar-refractivity contribution in [3.05, 3.63) is 59.7 Å². The molecule has 2 aromatic rings. The number of alkyl carbamates (subject to hydrolysis) is 1. The number of benzene rings is 2. The highest BCUT2D eigenvalue weighted by molar-refractivity contribution is 7.99. The molecule has 0 heterocycles. The molecule has 74 heavy (non-hydrogen) atoms. The molecule has 2 aromatic carbocycles. The Balaban J connectivity index is 1.56. The molecule has 1 aliphatic rings. The molecule has 4 N–H and O–H groups in total. The number of esters is 2. The molecule has 0 saturated carbocycles. The Morgan fingerprint density at radius 1 is 0.676 bits per heavy atom. The Kier molecular flexibility index (Phi) is 33.2. The zero-order valence-corrected chi connectivity index (χ0v) is 46.4. The van der Waals surface area contributed by atoms with Crippen molar-refractivity contribution < 1.29 is 66.0 Å². The van der Waals surface area contributed by atoms with Gasteiger partial charge in [-0.15, -0.1) is 0 Å². The molecule has 0 fully saturated rings. The van der Waals surface area contributed by atoms with Crippen LogP contribution in [0.15, 0.2) is 48.5 Å². The maximum Gasteiger partial charge on any atom is 0.407 e. The van der Waals surface area contributed by atoms with Gasteiger partial charge in [0, 0.05) is 43.2 Å². The SMILES string of the molecule is CCCCCCCCCCCC(=O)O[C@H](COC(=O)CCCCCCCCCCC(CC)CC)CSC[C@H](NC(=O)OCC1c2ccccc2-c2ccccc21)C(=O)NCCOCCOCCC(F)(F)P(=O)(O)O. The van der Waals surface area contributed by atoms with Crippen molar-refractivity contribution in [3.8, 4) is 11.1 Å². The predicted molar refractivity (Wildman–Crippen MR) is 288 cm³/mol. The highest BCUT2D eigenvalue weighted by Gasteiger charge is 2.48. The average Bonchev–Trinajstić information content (AvgIpc) is 3.70. The van der Waals surface area contributed by atoms with Gasteiger partial charge in [-0.25, -0.2) is 4.79 Å². The van der Waals surface area contributed by atoms with E-state index in [0.717, 1.165) is 66.7 Å². The molecular weight excluding hydrogens is 994 g/mol. The predicted octanol–water partition coefficient (Wildman–Crippen LogP) is 12.6. The number of carbonyl (C=O) groups is 4. The standard InChI is InChI=1S/C56H89F2N2O12PS/c1-4-7-8-9-10-11-16-19-22-33-53(62)72-45(40-70-52(61)32-21-18-15-13-12-14-17-20-27-44(5-2)6-3)42-74-43-51(54(63)59-35-37-69-39-38-68-36-34-56(57,58)73(65,66)67)60-55(64)71-41-50-48-30-25-23-28-46(48)47-29-24-26-31-49(47)50/h23-26,28-31,44-45,50-51H,4-22,27,32-43H2,1-3H3,(H,59,63)(H,60,64)(H2,65,66,67)/t45-,51+/m1/s1. The van der Waals surface area contributed by atoms with Crippen molar-refractivity contribution in [1.82, 2.24) is 10.6 Å². The zero-order chi connectivity index (χ0) is 53.9. The number of carbonyl (C=O) groups excluding carboxylic acids is 4. The third-order valence-corrected chi connectivity index (χ3v) is 15.8. The molecule has 420 valence electrons. The maximum absolute atomic E-state index is 13.6. The van der Waals surface area contributed by atoms with Crippen LogP contribution in [0.4, 0.5) is 13.6 Å². The molecular formula is C56H89F2N2O12PS. The number of rotatable bonds is 44. The van der Waals surface area contributed by atoms with Crippen LogP contribution >= 0.6 is 19.4 Å². The first-order valence-corrected chi connectivity index (χ1v) is 30.4. The number of ether oxygens (including phenoxy) is 5. The van der Waals surface area contributed by atoms with Crippen LogP contribution in [0, 0.1) is 5.92 Å². The number of hydrogen-bond donors (Lipinski definition) is 4. The number of halogens is 2. The van der Waals surface area contributed by atoms with Gasteiger partial charge in [-0.3, -0.25) is 18.9 Å². The minimum absolute atomic E-state index is 0.000391. The lowest BCUT2D eigenvalue weighted by molar-refractivity contribution is -0.157. The highest BCUT2D eigenvalue weighted by Crippen LogP contribution is 2.54. The molecule has 0 spiro atoms. The molecule has 14 nitrogen and oxygen atoms in total. The van der Waals surface area contributed by atoms with Gasteiger partial charge in [0.15, 0.2) is 0 Å². The summed E-state index contributed by atoms with van der Waals surface area (Å²) in [7, 11) is -5.60. The fourth-order valence-electron chi connectivity index (χ4n) is 8.97. The fourth-order valence-corrected chi connectivity index (χ4v) is 10.4. The molecule has 0 aliphatic heterocycles. The normalized spacial score (nSPS) is 13.3. The van der Waals surface area contributed by atoms with E-state index in [2.05, 4.69) is 31.4 Å². The summed E-state index contributed by atoms with van der Waals surface area (Å²) >= 11 is 1.25. The lowest BCUT2D eigenvalue weighted by atomic mass is 9.95. The summed E-state index contributed by atoms with van der Waals surface area (Å²) in [6, 6.07) is 14.8. The van der Waals surface area contributed by atoms with Crippen LogP contribution in [-0.4, -0.2) is 109 Å². The van der Waals surface area contributed by atoms with Crippen LogP contribution in [0.25, 0.3) is 11.1 Å². The molecule has 3 rings (SSSR count). The molecule has 0 unspecified atom stereocenters. The maximum atomic E-state index is 13.6. The molecule has 0 radical (unpaired) electrons. The van der Waals surface area contributed by atoms with Gasteiger partial charge in [0.25, 0.3) is 0 Å². The van der Waals surface area contributed by atoms with Gasteiger partial charge in [0.05, 0.1) is 26.4 Å². The van der Waals surface area contributed by atoms with Gasteiger partial charge in [-0.05, 0) is 41.0 Å². The fraction of sp³-hybridized carbons (Fsp3) is 0.714. The quantitative estimate of drug-likeness (QED) is 0.0212. The van der Waals surface area contributed by atoms with Gasteiger partial charge in [0.1, 0.15) is 25.4 Å². The van der Waals surface area contributed by atoms with Crippen molar-refractivity contribution in [1.29, 1.82) is 0 Å². The van der Waals surface area contributed by atoms with Crippen molar-refractivity contribution in [3.63, 3.8) is 0 Å². The van der Waals surface area contributed by atoms with Crippen LogP contribution in [0.3, 0.4) is 0 Å². The van der Waals surface area contributed by atoms with Gasteiger partial charge in [0.2, 0.25) is 5.91 Å². The van der Waals surface area contributed by atoms with E-state index in [1.165, 1.54) is 88.8 Å². The molecule has 2 atom stereocenters. The Hall–Kier alpha value is -3.60. The second-order valence-corrected chi connectivity index (χ2v) is 22.3. The third-order valence-electron chi connectivity index (χ3n) is 13.5. The number of amides is 2. The lowest BCUT2D eigenvalue weighted by Gasteiger charge is -2.21. The van der Waals surface area contributed by atoms with Crippen molar-refractivity contribution in [2.24, 2.45) is 5.92 Å². The second-order valence-electron chi connectivity index (χ2n) is 19.5. The summed E-state index contributed by atoms with van der Waals surface area (Å²) in [6.07, 6.45) is 20.3. The third kappa shape index (κ3) is 26.4. The number of hydrogen-bond acceptors (Lipinski definition) is 11. The van der Waals surface area contributed by atoms with E-state index in [-0.39, 0.29) is 81.8 Å². The van der Waals surface area contributed by atoms with Gasteiger partial charge in [-0.2, -0.15) is 20.5 Å². The Bertz CT molecular complexity index is 1890. The van der Waals surface area contributed by atoms with Gasteiger partial charge < -0.3 is 44.1 Å². The largest absolute Gasteiger partial charge is 0.462 e. The summed E-state index contributed by atoms with van der Waals surface area (Å²) in [4.78, 5) is 70.7. The van der Waals surface area contributed by atoms with E-state index in [4.69, 9.17) is 33.5 Å². The Morgan fingerprint density at radius 2 is 1.20 bits per heavy atom. The second kappa shape index (κ2) is 38.0.